The number of nitrogens with zero attached hydrogens (tertiary/aromatic N) is 1. The Labute approximate surface area is 132 Å². The molecular formula is C15H15BrClNO2. The standard InChI is InChI=1S/C15H15BrClNO2/c1-2-7-19-13-3-5-14(6-4-13)20-15-11(9-17)8-12(16)10-18-15/h3-6,8,10H,2,7,9H2,1H3. The average Bonchev–Trinajstić information content (AvgIpc) is 2.48. The molecule has 3 nitrogen and oxygen atoms in total. The first-order chi connectivity index (χ1) is 9.72. The smallest absolute Gasteiger partial charge is 0.223 e. The van der Waals surface area contributed by atoms with Gasteiger partial charge in [-0.15, -0.1) is 11.6 Å². The zero-order chi connectivity index (χ0) is 14.4. The van der Waals surface area contributed by atoms with E-state index >= 15 is 0 Å². The summed E-state index contributed by atoms with van der Waals surface area (Å²) >= 11 is 9.25. The van der Waals surface area contributed by atoms with E-state index in [4.69, 9.17) is 21.1 Å². The van der Waals surface area contributed by atoms with Gasteiger partial charge in [-0.1, -0.05) is 6.92 Å². The van der Waals surface area contributed by atoms with Gasteiger partial charge in [0.1, 0.15) is 11.5 Å². The lowest BCUT2D eigenvalue weighted by Crippen LogP contribution is -1.95. The van der Waals surface area contributed by atoms with Crippen LogP contribution in [0.25, 0.3) is 0 Å². The fraction of sp³-hybridized carbons (Fsp3) is 0.267. The van der Waals surface area contributed by atoms with Gasteiger partial charge in [0.05, 0.1) is 12.5 Å². The molecule has 0 spiro atoms. The van der Waals surface area contributed by atoms with Gasteiger partial charge in [0.2, 0.25) is 5.88 Å². The molecule has 0 N–H and O–H groups in total. The van der Waals surface area contributed by atoms with Gasteiger partial charge in [-0.3, -0.25) is 0 Å². The minimum absolute atomic E-state index is 0.347. The third-order valence-corrected chi connectivity index (χ3v) is 3.27. The Bertz CT molecular complexity index is 560. The number of alkyl halides is 1. The Kier molecular flexibility index (Phi) is 5.68. The highest BCUT2D eigenvalue weighted by atomic mass is 79.9. The maximum absolute atomic E-state index is 5.89. The number of rotatable bonds is 6. The second kappa shape index (κ2) is 7.50. The van der Waals surface area contributed by atoms with Crippen molar-refractivity contribution in [2.45, 2.75) is 19.2 Å². The molecule has 0 saturated carbocycles. The van der Waals surface area contributed by atoms with Crippen molar-refractivity contribution in [3.8, 4) is 17.4 Å². The van der Waals surface area contributed by atoms with Crippen molar-refractivity contribution in [1.82, 2.24) is 4.98 Å². The van der Waals surface area contributed by atoms with Crippen LogP contribution in [0.1, 0.15) is 18.9 Å². The summed E-state index contributed by atoms with van der Waals surface area (Å²) in [7, 11) is 0. The van der Waals surface area contributed by atoms with Crippen molar-refractivity contribution in [3.63, 3.8) is 0 Å². The Morgan fingerprint density at radius 3 is 2.55 bits per heavy atom. The van der Waals surface area contributed by atoms with E-state index in [0.29, 0.717) is 24.1 Å². The van der Waals surface area contributed by atoms with E-state index < -0.39 is 0 Å². The predicted octanol–water partition coefficient (Wildman–Crippen LogP) is 5.16. The molecule has 0 radical (unpaired) electrons. The second-order valence-electron chi connectivity index (χ2n) is 4.17. The molecule has 2 aromatic rings. The van der Waals surface area contributed by atoms with Crippen LogP contribution in [0.2, 0.25) is 0 Å². The van der Waals surface area contributed by atoms with E-state index in [1.54, 1.807) is 6.20 Å². The molecule has 0 fully saturated rings. The van der Waals surface area contributed by atoms with Crippen molar-refractivity contribution in [2.75, 3.05) is 6.61 Å². The van der Waals surface area contributed by atoms with Gasteiger partial charge >= 0.3 is 0 Å². The van der Waals surface area contributed by atoms with Crippen LogP contribution in [-0.2, 0) is 5.88 Å². The molecule has 0 atom stereocenters. The monoisotopic (exact) mass is 355 g/mol. The summed E-state index contributed by atoms with van der Waals surface area (Å²) in [6, 6.07) is 9.36. The molecule has 0 saturated heterocycles. The van der Waals surface area contributed by atoms with Gasteiger partial charge in [0.25, 0.3) is 0 Å². The second-order valence-corrected chi connectivity index (χ2v) is 5.36. The minimum Gasteiger partial charge on any atom is -0.494 e. The van der Waals surface area contributed by atoms with Crippen molar-refractivity contribution in [3.05, 3.63) is 46.6 Å². The molecule has 20 heavy (non-hydrogen) atoms. The topological polar surface area (TPSA) is 31.4 Å². The van der Waals surface area contributed by atoms with E-state index in [0.717, 1.165) is 22.2 Å². The summed E-state index contributed by atoms with van der Waals surface area (Å²) in [5.41, 5.74) is 0.840. The normalized spacial score (nSPS) is 10.3. The molecule has 0 bridgehead atoms. The van der Waals surface area contributed by atoms with Crippen LogP contribution in [0.4, 0.5) is 0 Å². The number of hydrogen-bond donors (Lipinski definition) is 0. The third kappa shape index (κ3) is 4.12. The van der Waals surface area contributed by atoms with Crippen molar-refractivity contribution in [2.24, 2.45) is 0 Å². The van der Waals surface area contributed by atoms with Crippen LogP contribution in [0.5, 0.6) is 17.4 Å². The van der Waals surface area contributed by atoms with Gasteiger partial charge in [-0.2, -0.15) is 0 Å². The van der Waals surface area contributed by atoms with Crippen LogP contribution >= 0.6 is 27.5 Å². The summed E-state index contributed by atoms with van der Waals surface area (Å²) < 4.78 is 12.1. The molecule has 0 aliphatic heterocycles. The minimum atomic E-state index is 0.347. The fourth-order valence-corrected chi connectivity index (χ4v) is 2.16. The molecule has 1 heterocycles. The summed E-state index contributed by atoms with van der Waals surface area (Å²) in [4.78, 5) is 4.23. The number of aromatic nitrogens is 1. The number of halogens is 2. The zero-order valence-electron chi connectivity index (χ0n) is 11.1. The SMILES string of the molecule is CCCOc1ccc(Oc2ncc(Br)cc2CCl)cc1. The Morgan fingerprint density at radius 1 is 1.20 bits per heavy atom. The van der Waals surface area contributed by atoms with Gasteiger partial charge in [0, 0.05) is 16.2 Å². The molecule has 5 heteroatoms. The van der Waals surface area contributed by atoms with Crippen LogP contribution in [0, 0.1) is 0 Å². The lowest BCUT2D eigenvalue weighted by atomic mass is 10.3. The highest BCUT2D eigenvalue weighted by molar-refractivity contribution is 9.10. The molecule has 0 amide bonds. The molecular weight excluding hydrogens is 342 g/mol. The van der Waals surface area contributed by atoms with Crippen LogP contribution < -0.4 is 9.47 Å². The average molecular weight is 357 g/mol. The molecule has 0 aliphatic rings. The number of benzene rings is 1. The lowest BCUT2D eigenvalue weighted by Gasteiger charge is -2.09. The molecule has 1 aromatic heterocycles. The zero-order valence-corrected chi connectivity index (χ0v) is 13.4. The molecule has 2 rings (SSSR count). The van der Waals surface area contributed by atoms with E-state index in [9.17, 15) is 0 Å². The highest BCUT2D eigenvalue weighted by Gasteiger charge is 2.07. The quantitative estimate of drug-likeness (QED) is 0.670. The van der Waals surface area contributed by atoms with E-state index in [1.165, 1.54) is 0 Å². The van der Waals surface area contributed by atoms with Gasteiger partial charge < -0.3 is 9.47 Å². The molecule has 0 aliphatic carbocycles. The third-order valence-electron chi connectivity index (χ3n) is 2.55. The number of hydrogen-bond acceptors (Lipinski definition) is 3. The highest BCUT2D eigenvalue weighted by Crippen LogP contribution is 2.27. The first kappa shape index (κ1) is 15.1. The van der Waals surface area contributed by atoms with Gasteiger partial charge in [-0.25, -0.2) is 4.98 Å². The van der Waals surface area contributed by atoms with E-state index in [-0.39, 0.29) is 0 Å². The molecule has 106 valence electrons. The fourth-order valence-electron chi connectivity index (χ4n) is 1.59. The van der Waals surface area contributed by atoms with Crippen LogP contribution in [0.15, 0.2) is 41.0 Å². The van der Waals surface area contributed by atoms with Gasteiger partial charge in [0.15, 0.2) is 0 Å². The van der Waals surface area contributed by atoms with Crippen molar-refractivity contribution >= 4 is 27.5 Å². The summed E-state index contributed by atoms with van der Waals surface area (Å²) in [6.45, 7) is 2.79. The molecule has 0 unspecified atom stereocenters. The Balaban J connectivity index is 2.10. The Hall–Kier alpha value is -1.26. The van der Waals surface area contributed by atoms with Crippen LogP contribution in [0.3, 0.4) is 0 Å². The van der Waals surface area contributed by atoms with E-state index in [2.05, 4.69) is 27.8 Å². The maximum Gasteiger partial charge on any atom is 0.223 e. The number of ether oxygens (including phenoxy) is 2. The lowest BCUT2D eigenvalue weighted by molar-refractivity contribution is 0.317. The predicted molar refractivity (Wildman–Crippen MR) is 83.8 cm³/mol. The van der Waals surface area contributed by atoms with Crippen molar-refractivity contribution < 1.29 is 9.47 Å². The maximum atomic E-state index is 5.89. The van der Waals surface area contributed by atoms with E-state index in [1.807, 2.05) is 30.3 Å². The largest absolute Gasteiger partial charge is 0.494 e. The summed E-state index contributed by atoms with van der Waals surface area (Å²) in [5, 5.41) is 0. The van der Waals surface area contributed by atoms with Gasteiger partial charge in [-0.05, 0) is 52.7 Å². The van der Waals surface area contributed by atoms with Crippen molar-refractivity contribution in [1.29, 1.82) is 0 Å². The van der Waals surface area contributed by atoms with Crippen LogP contribution in [-0.4, -0.2) is 11.6 Å². The Morgan fingerprint density at radius 2 is 1.90 bits per heavy atom. The summed E-state index contributed by atoms with van der Waals surface area (Å²) in [5.74, 6) is 2.40. The first-order valence-electron chi connectivity index (χ1n) is 6.34. The summed E-state index contributed by atoms with van der Waals surface area (Å²) in [6.07, 6.45) is 2.67. The first-order valence-corrected chi connectivity index (χ1v) is 7.66. The molecule has 1 aromatic carbocycles. The number of pyridine rings is 1.